The Bertz CT molecular complexity index is 668. The molecule has 0 amide bonds. The van der Waals surface area contributed by atoms with Gasteiger partial charge in [0.1, 0.15) is 5.82 Å². The maximum atomic E-state index is 6.09. The first-order valence-electron chi connectivity index (χ1n) is 6.56. The first-order valence-corrected chi connectivity index (χ1v) is 6.94. The van der Waals surface area contributed by atoms with Crippen molar-refractivity contribution in [1.82, 2.24) is 9.97 Å². The summed E-state index contributed by atoms with van der Waals surface area (Å²) in [5.74, 6) is 1.18. The molecule has 2 N–H and O–H groups in total. The van der Waals surface area contributed by atoms with Gasteiger partial charge in [-0.2, -0.15) is 9.98 Å². The normalized spacial score (nSPS) is 11.5. The van der Waals surface area contributed by atoms with Gasteiger partial charge in [-0.3, -0.25) is 0 Å². The Morgan fingerprint density at radius 3 is 2.52 bits per heavy atom. The molecule has 1 aromatic carbocycles. The molecule has 0 saturated carbocycles. The van der Waals surface area contributed by atoms with Crippen LogP contribution >= 0.6 is 11.6 Å². The number of aryl methyl sites for hydroxylation is 1. The lowest BCUT2D eigenvalue weighted by Crippen LogP contribution is -2.03. The van der Waals surface area contributed by atoms with Crippen LogP contribution in [-0.2, 0) is 11.2 Å². The number of anilines is 1. The number of nitrogens with zero attached hydrogens (tertiary/aromatic N) is 3. The van der Waals surface area contributed by atoms with Crippen LogP contribution in [0.2, 0.25) is 5.02 Å². The molecule has 0 aliphatic heterocycles. The van der Waals surface area contributed by atoms with Crippen LogP contribution in [0.15, 0.2) is 29.3 Å². The Labute approximate surface area is 128 Å². The number of ether oxygens (including phenoxy) is 1. The molecule has 0 spiro atoms. The molecule has 0 radical (unpaired) electrons. The number of benzene rings is 1. The summed E-state index contributed by atoms with van der Waals surface area (Å²) in [7, 11) is 1.55. The molecule has 0 unspecified atom stereocenters. The third-order valence-electron chi connectivity index (χ3n) is 3.02. The molecule has 0 aliphatic carbocycles. The summed E-state index contributed by atoms with van der Waals surface area (Å²) < 4.78 is 5.01. The molecule has 0 bridgehead atoms. The predicted octanol–water partition coefficient (Wildman–Crippen LogP) is 3.64. The average Bonchev–Trinajstić information content (AvgIpc) is 2.47. The molecule has 0 aliphatic rings. The third-order valence-corrected chi connectivity index (χ3v) is 3.27. The van der Waals surface area contributed by atoms with Crippen LogP contribution in [0, 0.1) is 0 Å². The van der Waals surface area contributed by atoms with E-state index >= 15 is 0 Å². The third kappa shape index (κ3) is 3.49. The van der Waals surface area contributed by atoms with E-state index < -0.39 is 0 Å². The first-order chi connectivity index (χ1) is 10.0. The van der Waals surface area contributed by atoms with Crippen molar-refractivity contribution < 1.29 is 4.74 Å². The Kier molecular flexibility index (Phi) is 4.75. The van der Waals surface area contributed by atoms with E-state index in [9.17, 15) is 0 Å². The lowest BCUT2D eigenvalue weighted by molar-refractivity contribution is 0.400. The minimum atomic E-state index is 0.307. The van der Waals surface area contributed by atoms with Crippen LogP contribution in [0.3, 0.4) is 0 Å². The van der Waals surface area contributed by atoms with Crippen molar-refractivity contribution in [2.45, 2.75) is 20.3 Å². The van der Waals surface area contributed by atoms with Gasteiger partial charge in [0.2, 0.25) is 0 Å². The Morgan fingerprint density at radius 2 is 1.95 bits per heavy atom. The molecule has 1 heterocycles. The number of rotatable bonds is 3. The van der Waals surface area contributed by atoms with Gasteiger partial charge in [-0.05, 0) is 24.1 Å². The SMILES string of the molecule is CCc1nc(N=C(C)OC)nc(N)c1-c1ccc(Cl)cc1. The molecule has 0 atom stereocenters. The number of nitrogens with two attached hydrogens (primary N) is 1. The van der Waals surface area contributed by atoms with Crippen LogP contribution in [0.1, 0.15) is 19.5 Å². The first kappa shape index (κ1) is 15.3. The number of aliphatic imine (C=N–C) groups is 1. The smallest absolute Gasteiger partial charge is 0.254 e. The van der Waals surface area contributed by atoms with Gasteiger partial charge in [-0.1, -0.05) is 30.7 Å². The van der Waals surface area contributed by atoms with E-state index in [0.29, 0.717) is 22.7 Å². The summed E-state index contributed by atoms with van der Waals surface area (Å²) in [6.45, 7) is 3.75. The summed E-state index contributed by atoms with van der Waals surface area (Å²) in [4.78, 5) is 12.8. The molecule has 6 heteroatoms. The number of methoxy groups -OCH3 is 1. The van der Waals surface area contributed by atoms with E-state index in [-0.39, 0.29) is 0 Å². The maximum absolute atomic E-state index is 6.09. The van der Waals surface area contributed by atoms with E-state index in [1.54, 1.807) is 14.0 Å². The minimum Gasteiger partial charge on any atom is -0.484 e. The molecule has 0 saturated heterocycles. The molecule has 2 aromatic rings. The fourth-order valence-electron chi connectivity index (χ4n) is 1.94. The fourth-order valence-corrected chi connectivity index (χ4v) is 2.06. The molecular formula is C15H17ClN4O. The minimum absolute atomic E-state index is 0.307. The van der Waals surface area contributed by atoms with Crippen LogP contribution in [0.25, 0.3) is 11.1 Å². The molecule has 110 valence electrons. The number of aromatic nitrogens is 2. The van der Waals surface area contributed by atoms with E-state index in [2.05, 4.69) is 15.0 Å². The van der Waals surface area contributed by atoms with E-state index in [4.69, 9.17) is 22.1 Å². The molecule has 2 rings (SSSR count). The second kappa shape index (κ2) is 6.54. The highest BCUT2D eigenvalue weighted by molar-refractivity contribution is 6.30. The van der Waals surface area contributed by atoms with Crippen LogP contribution in [0.4, 0.5) is 11.8 Å². The van der Waals surface area contributed by atoms with Crippen molar-refractivity contribution in [3.05, 3.63) is 35.0 Å². The molecule has 5 nitrogen and oxygen atoms in total. The number of hydrogen-bond acceptors (Lipinski definition) is 5. The molecular weight excluding hydrogens is 288 g/mol. The zero-order valence-electron chi connectivity index (χ0n) is 12.2. The van der Waals surface area contributed by atoms with Crippen LogP contribution in [0.5, 0.6) is 0 Å². The van der Waals surface area contributed by atoms with Crippen molar-refractivity contribution in [2.24, 2.45) is 4.99 Å². The van der Waals surface area contributed by atoms with Gasteiger partial charge in [0.25, 0.3) is 5.95 Å². The van der Waals surface area contributed by atoms with Crippen molar-refractivity contribution in [3.63, 3.8) is 0 Å². The largest absolute Gasteiger partial charge is 0.484 e. The van der Waals surface area contributed by atoms with E-state index in [0.717, 1.165) is 23.2 Å². The van der Waals surface area contributed by atoms with Crippen LogP contribution in [-0.4, -0.2) is 23.0 Å². The summed E-state index contributed by atoms with van der Waals surface area (Å²) >= 11 is 5.92. The quantitative estimate of drug-likeness (QED) is 0.694. The number of hydrogen-bond donors (Lipinski definition) is 1. The Morgan fingerprint density at radius 1 is 1.29 bits per heavy atom. The number of halogens is 1. The molecule has 21 heavy (non-hydrogen) atoms. The highest BCUT2D eigenvalue weighted by Crippen LogP contribution is 2.30. The standard InChI is InChI=1S/C15H17ClN4O/c1-4-12-13(10-5-7-11(16)8-6-10)14(17)20-15(19-12)18-9(2)21-3/h5-8H,4H2,1-3H3,(H2,17,19,20). The van der Waals surface area contributed by atoms with Gasteiger partial charge >= 0.3 is 0 Å². The van der Waals surface area contributed by atoms with Crippen molar-refractivity contribution >= 4 is 29.3 Å². The zero-order valence-corrected chi connectivity index (χ0v) is 13.0. The van der Waals surface area contributed by atoms with E-state index in [1.165, 1.54) is 0 Å². The zero-order chi connectivity index (χ0) is 15.4. The van der Waals surface area contributed by atoms with Gasteiger partial charge in [0, 0.05) is 17.5 Å². The summed E-state index contributed by atoms with van der Waals surface area (Å²) in [5.41, 5.74) is 8.69. The fraction of sp³-hybridized carbons (Fsp3) is 0.267. The molecule has 0 fully saturated rings. The van der Waals surface area contributed by atoms with Crippen LogP contribution < -0.4 is 5.73 Å². The maximum Gasteiger partial charge on any atom is 0.254 e. The summed E-state index contributed by atoms with van der Waals surface area (Å²) in [5, 5.41) is 0.674. The van der Waals surface area contributed by atoms with Gasteiger partial charge in [0.05, 0.1) is 12.8 Å². The average molecular weight is 305 g/mol. The van der Waals surface area contributed by atoms with Gasteiger partial charge in [-0.15, -0.1) is 0 Å². The Balaban J connectivity index is 2.54. The van der Waals surface area contributed by atoms with Gasteiger partial charge in [-0.25, -0.2) is 4.98 Å². The highest BCUT2D eigenvalue weighted by Gasteiger charge is 2.13. The van der Waals surface area contributed by atoms with Gasteiger partial charge in [0.15, 0.2) is 5.90 Å². The lowest BCUT2D eigenvalue weighted by Gasteiger charge is -2.11. The summed E-state index contributed by atoms with van der Waals surface area (Å²) in [6, 6.07) is 7.44. The second-order valence-corrected chi connectivity index (χ2v) is 4.86. The highest BCUT2D eigenvalue weighted by atomic mass is 35.5. The predicted molar refractivity (Wildman–Crippen MR) is 86.0 cm³/mol. The van der Waals surface area contributed by atoms with E-state index in [1.807, 2.05) is 31.2 Å². The second-order valence-electron chi connectivity index (χ2n) is 4.43. The monoisotopic (exact) mass is 304 g/mol. The van der Waals surface area contributed by atoms with Crippen molar-refractivity contribution in [1.29, 1.82) is 0 Å². The topological polar surface area (TPSA) is 73.4 Å². The summed E-state index contributed by atoms with van der Waals surface area (Å²) in [6.07, 6.45) is 0.721. The molecule has 1 aromatic heterocycles. The lowest BCUT2D eigenvalue weighted by atomic mass is 10.0. The van der Waals surface area contributed by atoms with Crippen molar-refractivity contribution in [2.75, 3.05) is 12.8 Å². The van der Waals surface area contributed by atoms with Gasteiger partial charge < -0.3 is 10.5 Å². The van der Waals surface area contributed by atoms with Crippen molar-refractivity contribution in [3.8, 4) is 11.1 Å². The Hall–Kier alpha value is -2.14. The number of nitrogen functional groups attached to an aromatic ring is 1.